The van der Waals surface area contributed by atoms with Crippen molar-refractivity contribution in [1.82, 2.24) is 36.2 Å². The van der Waals surface area contributed by atoms with E-state index in [1.807, 2.05) is 6.07 Å². The van der Waals surface area contributed by atoms with Gasteiger partial charge in [0.15, 0.2) is 5.82 Å². The van der Waals surface area contributed by atoms with Gasteiger partial charge in [-0.05, 0) is 67.7 Å². The van der Waals surface area contributed by atoms with Crippen LogP contribution in [-0.2, 0) is 18.3 Å². The van der Waals surface area contributed by atoms with Gasteiger partial charge in [0.2, 0.25) is 0 Å². The zero-order chi connectivity index (χ0) is 25.3. The van der Waals surface area contributed by atoms with Gasteiger partial charge in [-0.25, -0.2) is 0 Å². The number of hydrogen-bond donors (Lipinski definition) is 3. The Hall–Kier alpha value is -3.07. The third kappa shape index (κ3) is 4.23. The number of carbonyl (C=O) groups excluding carboxylic acids is 1. The average molecular weight is 523 g/mol. The van der Waals surface area contributed by atoms with E-state index < -0.39 is 5.41 Å². The van der Waals surface area contributed by atoms with Crippen LogP contribution in [-0.4, -0.2) is 63.7 Å². The maximum atomic E-state index is 12.6. The molecule has 3 N–H and O–H groups in total. The Morgan fingerprint density at radius 3 is 3.00 bits per heavy atom. The van der Waals surface area contributed by atoms with Crippen LogP contribution in [0, 0.1) is 11.3 Å². The molecule has 5 rings (SSSR count). The van der Waals surface area contributed by atoms with Crippen LogP contribution in [0.25, 0.3) is 0 Å². The van der Waals surface area contributed by atoms with Crippen molar-refractivity contribution in [1.29, 1.82) is 5.26 Å². The molecule has 2 unspecified atom stereocenters. The lowest BCUT2D eigenvalue weighted by molar-refractivity contribution is 0.0967. The molecule has 188 valence electrons. The summed E-state index contributed by atoms with van der Waals surface area (Å²) in [5.74, 6) is 0.531. The van der Waals surface area contributed by atoms with Crippen LogP contribution < -0.4 is 10.6 Å². The summed E-state index contributed by atoms with van der Waals surface area (Å²) in [6, 6.07) is 6.56. The Morgan fingerprint density at radius 2 is 2.25 bits per heavy atom. The molecule has 1 aliphatic carbocycles. The average Bonchev–Trinajstić information content (AvgIpc) is 3.69. The Bertz CT molecular complexity index is 1290. The van der Waals surface area contributed by atoms with Crippen molar-refractivity contribution in [2.75, 3.05) is 20.1 Å². The Balaban J connectivity index is 1.50. The molecule has 3 aromatic rings. The number of amides is 1. The van der Waals surface area contributed by atoms with Gasteiger partial charge in [0.25, 0.3) is 5.91 Å². The predicted octanol–water partition coefficient (Wildman–Crippen LogP) is 2.99. The van der Waals surface area contributed by atoms with E-state index >= 15 is 0 Å². The van der Waals surface area contributed by atoms with Gasteiger partial charge in [-0.3, -0.25) is 4.79 Å². The van der Waals surface area contributed by atoms with Crippen molar-refractivity contribution < 1.29 is 4.79 Å². The molecule has 0 spiro atoms. The van der Waals surface area contributed by atoms with E-state index in [4.69, 9.17) is 0 Å². The zero-order valence-electron chi connectivity index (χ0n) is 20.5. The maximum Gasteiger partial charge on any atom is 0.261 e. The highest BCUT2D eigenvalue weighted by Gasteiger charge is 2.47. The van der Waals surface area contributed by atoms with Crippen LogP contribution in [0.3, 0.4) is 0 Å². The van der Waals surface area contributed by atoms with Gasteiger partial charge in [-0.15, -0.1) is 32.9 Å². The van der Waals surface area contributed by atoms with Gasteiger partial charge in [0.1, 0.15) is 6.04 Å². The number of fused-ring (bicyclic) bond motifs is 2. The second-order valence-corrected chi connectivity index (χ2v) is 11.6. The number of likely N-dealkylation sites (tertiary alicyclic amines) is 1. The molecular formula is C25H30N8OS2. The Kier molecular flexibility index (Phi) is 6.92. The second kappa shape index (κ2) is 10.1. The number of nitriles is 1. The van der Waals surface area contributed by atoms with E-state index in [0.717, 1.165) is 43.5 Å². The third-order valence-electron chi connectivity index (χ3n) is 7.31. The Morgan fingerprint density at radius 1 is 1.42 bits per heavy atom. The third-order valence-corrected chi connectivity index (χ3v) is 9.48. The number of tetrazole rings is 1. The summed E-state index contributed by atoms with van der Waals surface area (Å²) in [7, 11) is 1.66. The molecule has 9 nitrogen and oxygen atoms in total. The number of rotatable bonds is 8. The van der Waals surface area contributed by atoms with Crippen LogP contribution in [0.1, 0.15) is 62.6 Å². The molecule has 36 heavy (non-hydrogen) atoms. The Labute approximate surface area is 218 Å². The number of nitrogens with zero attached hydrogens (tertiary/aromatic N) is 5. The molecule has 0 saturated carbocycles. The zero-order valence-corrected chi connectivity index (χ0v) is 22.1. The largest absolute Gasteiger partial charge is 0.358 e. The lowest BCUT2D eigenvalue weighted by atomic mass is 9.70. The minimum atomic E-state index is -0.645. The normalized spacial score (nSPS) is 21.8. The number of H-pyrrole nitrogens is 1. The van der Waals surface area contributed by atoms with E-state index in [1.165, 1.54) is 15.3 Å². The van der Waals surface area contributed by atoms with E-state index in [1.54, 1.807) is 29.7 Å². The highest BCUT2D eigenvalue weighted by atomic mass is 32.1. The number of aromatic amines is 1. The predicted molar refractivity (Wildman–Crippen MR) is 140 cm³/mol. The number of nitrogens with one attached hydrogen (secondary N) is 3. The number of aryl methyl sites for hydroxylation is 2. The molecule has 1 amide bonds. The SMILES string of the molecule is C=C(CN[C@@H](C)CC1(c2nn[nH]n2)c2ccsc2CCc2sc(C(=O)NC)cc21)N1CCCC1C#N. The van der Waals surface area contributed by atoms with Gasteiger partial charge in [0, 0.05) is 41.6 Å². The molecule has 0 bridgehead atoms. The van der Waals surface area contributed by atoms with E-state index in [2.05, 4.69) is 67.2 Å². The molecule has 4 heterocycles. The number of carbonyl (C=O) groups is 1. The summed E-state index contributed by atoms with van der Waals surface area (Å²) in [4.78, 5) is 17.9. The fraction of sp³-hybridized carbons (Fsp3) is 0.480. The van der Waals surface area contributed by atoms with Crippen molar-refractivity contribution in [3.05, 3.63) is 61.4 Å². The first-order chi connectivity index (χ1) is 17.5. The van der Waals surface area contributed by atoms with Crippen LogP contribution in [0.4, 0.5) is 0 Å². The number of hydrogen-bond acceptors (Lipinski definition) is 9. The quantitative estimate of drug-likeness (QED) is 0.416. The van der Waals surface area contributed by atoms with Crippen LogP contribution in [0.5, 0.6) is 0 Å². The lowest BCUT2D eigenvalue weighted by Gasteiger charge is -2.34. The summed E-state index contributed by atoms with van der Waals surface area (Å²) in [6.45, 7) is 7.89. The molecular weight excluding hydrogens is 492 g/mol. The fourth-order valence-corrected chi connectivity index (χ4v) is 7.74. The standard InChI is InChI=1S/C25H30N8OS2/c1-15(28-14-16(2)33-9-4-5-17(33)13-26)12-25(24-29-31-32-30-24)18-8-10-35-20(18)6-7-21-19(25)11-22(36-21)23(34)27-3/h8,10-11,15,17,28H,2,4-7,9,12,14H2,1,3H3,(H,27,34)(H,29,30,31,32)/t15-,17?,25?/m0/s1. The summed E-state index contributed by atoms with van der Waals surface area (Å²) >= 11 is 3.31. The highest BCUT2D eigenvalue weighted by molar-refractivity contribution is 7.14. The monoisotopic (exact) mass is 522 g/mol. The summed E-state index contributed by atoms with van der Waals surface area (Å²) in [6.07, 6.45) is 4.37. The van der Waals surface area contributed by atoms with Gasteiger partial charge in [-0.1, -0.05) is 11.8 Å². The van der Waals surface area contributed by atoms with Gasteiger partial charge >= 0.3 is 0 Å². The van der Waals surface area contributed by atoms with Gasteiger partial charge in [-0.2, -0.15) is 10.5 Å². The fourth-order valence-electron chi connectivity index (χ4n) is 5.60. The van der Waals surface area contributed by atoms with Crippen molar-refractivity contribution in [2.45, 2.75) is 56.5 Å². The molecule has 1 fully saturated rings. The minimum Gasteiger partial charge on any atom is -0.358 e. The molecule has 1 aliphatic heterocycles. The first kappa shape index (κ1) is 24.6. The smallest absolute Gasteiger partial charge is 0.261 e. The molecule has 1 saturated heterocycles. The number of thiophene rings is 2. The van der Waals surface area contributed by atoms with Gasteiger partial charge in [0.05, 0.1) is 16.4 Å². The second-order valence-electron chi connectivity index (χ2n) is 9.46. The van der Waals surface area contributed by atoms with E-state index in [9.17, 15) is 10.1 Å². The lowest BCUT2D eigenvalue weighted by Crippen LogP contribution is -2.41. The first-order valence-corrected chi connectivity index (χ1v) is 13.9. The summed E-state index contributed by atoms with van der Waals surface area (Å²) < 4.78 is 0. The van der Waals surface area contributed by atoms with E-state index in [0.29, 0.717) is 23.7 Å². The van der Waals surface area contributed by atoms with Crippen molar-refractivity contribution >= 4 is 28.6 Å². The van der Waals surface area contributed by atoms with Crippen LogP contribution >= 0.6 is 22.7 Å². The first-order valence-electron chi connectivity index (χ1n) is 12.2. The van der Waals surface area contributed by atoms with Crippen molar-refractivity contribution in [2.24, 2.45) is 0 Å². The highest BCUT2D eigenvalue weighted by Crippen LogP contribution is 2.49. The summed E-state index contributed by atoms with van der Waals surface area (Å²) in [5.41, 5.74) is 2.56. The molecule has 2 aliphatic rings. The van der Waals surface area contributed by atoms with Crippen LogP contribution in [0.15, 0.2) is 29.8 Å². The minimum absolute atomic E-state index is 0.0606. The molecule has 3 aromatic heterocycles. The molecule has 0 radical (unpaired) electrons. The van der Waals surface area contributed by atoms with E-state index in [-0.39, 0.29) is 18.0 Å². The number of aromatic nitrogens is 4. The molecule has 0 aromatic carbocycles. The molecule has 11 heteroatoms. The van der Waals surface area contributed by atoms with Crippen molar-refractivity contribution in [3.8, 4) is 6.07 Å². The van der Waals surface area contributed by atoms with Crippen LogP contribution in [0.2, 0.25) is 0 Å². The topological polar surface area (TPSA) is 123 Å². The maximum absolute atomic E-state index is 12.6. The van der Waals surface area contributed by atoms with Crippen molar-refractivity contribution in [3.63, 3.8) is 0 Å². The summed E-state index contributed by atoms with van der Waals surface area (Å²) in [5, 5.41) is 33.6. The molecule has 3 atom stereocenters. The van der Waals surface area contributed by atoms with Gasteiger partial charge < -0.3 is 15.5 Å².